The number of aliphatic hydroxyl groups excluding tert-OH is 1. The van der Waals surface area contributed by atoms with Crippen molar-refractivity contribution >= 4 is 5.96 Å². The normalized spacial score (nSPS) is 21.1. The summed E-state index contributed by atoms with van der Waals surface area (Å²) in [6.45, 7) is 2.34. The molecule has 0 aromatic heterocycles. The summed E-state index contributed by atoms with van der Waals surface area (Å²) in [5, 5.41) is 12.5. The number of nitrogens with zero attached hydrogens (tertiary/aromatic N) is 1. The zero-order valence-corrected chi connectivity index (χ0v) is 8.87. The Morgan fingerprint density at radius 1 is 1.57 bits per heavy atom. The van der Waals surface area contributed by atoms with Gasteiger partial charge in [-0.1, -0.05) is 19.8 Å². The average molecular weight is 199 g/mol. The average Bonchev–Trinajstić information content (AvgIpc) is 2.66. The summed E-state index contributed by atoms with van der Waals surface area (Å²) in [5.74, 6) is 0.476. The third kappa shape index (κ3) is 3.96. The summed E-state index contributed by atoms with van der Waals surface area (Å²) < 4.78 is 0. The van der Waals surface area contributed by atoms with Crippen LogP contribution in [0.1, 0.15) is 39.0 Å². The number of guanidine groups is 1. The molecule has 0 bridgehead atoms. The molecule has 1 unspecified atom stereocenters. The number of aliphatic imine (C=N–C) groups is 1. The molecule has 0 heterocycles. The molecule has 14 heavy (non-hydrogen) atoms. The van der Waals surface area contributed by atoms with Crippen LogP contribution in [0.5, 0.6) is 0 Å². The molecular weight excluding hydrogens is 178 g/mol. The van der Waals surface area contributed by atoms with E-state index in [1.54, 1.807) is 0 Å². The van der Waals surface area contributed by atoms with Gasteiger partial charge in [-0.2, -0.15) is 0 Å². The topological polar surface area (TPSA) is 70.6 Å². The molecule has 1 atom stereocenters. The highest BCUT2D eigenvalue weighted by Gasteiger charge is 2.14. The van der Waals surface area contributed by atoms with Crippen molar-refractivity contribution < 1.29 is 5.11 Å². The van der Waals surface area contributed by atoms with Gasteiger partial charge in [-0.25, -0.2) is 0 Å². The van der Waals surface area contributed by atoms with Crippen LogP contribution in [0, 0.1) is 0 Å². The standard InChI is InChI=1S/C10H21N3O/c1-2-9(14)7-12-10(11)13-8-5-3-4-6-8/h8-9,14H,2-7H2,1H3,(H3,11,12,13). The van der Waals surface area contributed by atoms with E-state index >= 15 is 0 Å². The lowest BCUT2D eigenvalue weighted by atomic mass is 10.2. The molecule has 0 aromatic rings. The molecule has 1 rings (SSSR count). The van der Waals surface area contributed by atoms with Gasteiger partial charge < -0.3 is 16.2 Å². The lowest BCUT2D eigenvalue weighted by Crippen LogP contribution is -2.39. The summed E-state index contributed by atoms with van der Waals surface area (Å²) in [7, 11) is 0. The first kappa shape index (κ1) is 11.3. The van der Waals surface area contributed by atoms with Gasteiger partial charge in [-0.3, -0.25) is 4.99 Å². The molecule has 1 saturated carbocycles. The Hall–Kier alpha value is -0.770. The van der Waals surface area contributed by atoms with Gasteiger partial charge in [-0.05, 0) is 19.3 Å². The summed E-state index contributed by atoms with van der Waals surface area (Å²) in [6.07, 6.45) is 5.30. The van der Waals surface area contributed by atoms with E-state index < -0.39 is 0 Å². The maximum absolute atomic E-state index is 9.28. The Labute approximate surface area is 85.6 Å². The molecule has 1 aliphatic carbocycles. The van der Waals surface area contributed by atoms with Crippen molar-refractivity contribution in [2.24, 2.45) is 10.7 Å². The Morgan fingerprint density at radius 2 is 2.21 bits per heavy atom. The maximum atomic E-state index is 9.28. The highest BCUT2D eigenvalue weighted by molar-refractivity contribution is 5.78. The third-order valence-corrected chi connectivity index (χ3v) is 2.65. The first-order chi connectivity index (χ1) is 6.72. The molecular formula is C10H21N3O. The van der Waals surface area contributed by atoms with Gasteiger partial charge in [-0.15, -0.1) is 0 Å². The van der Waals surface area contributed by atoms with E-state index in [0.717, 1.165) is 6.42 Å². The van der Waals surface area contributed by atoms with Crippen molar-refractivity contribution in [3.8, 4) is 0 Å². The molecule has 4 N–H and O–H groups in total. The van der Waals surface area contributed by atoms with Crippen LogP contribution < -0.4 is 11.1 Å². The monoisotopic (exact) mass is 199 g/mol. The van der Waals surface area contributed by atoms with Crippen LogP contribution in [0.3, 0.4) is 0 Å². The van der Waals surface area contributed by atoms with E-state index in [1.165, 1.54) is 25.7 Å². The summed E-state index contributed by atoms with van der Waals surface area (Å²) in [5.41, 5.74) is 5.68. The Kier molecular flexibility index (Phi) is 4.73. The quantitative estimate of drug-likeness (QED) is 0.459. The maximum Gasteiger partial charge on any atom is 0.188 e. The van der Waals surface area contributed by atoms with E-state index in [4.69, 9.17) is 5.73 Å². The molecule has 0 amide bonds. The fourth-order valence-electron chi connectivity index (χ4n) is 1.66. The van der Waals surface area contributed by atoms with Crippen molar-refractivity contribution in [2.75, 3.05) is 6.54 Å². The van der Waals surface area contributed by atoms with Crippen molar-refractivity contribution in [1.82, 2.24) is 5.32 Å². The second kappa shape index (κ2) is 5.86. The fourth-order valence-corrected chi connectivity index (χ4v) is 1.66. The minimum atomic E-state index is -0.362. The Bertz CT molecular complexity index is 188. The van der Waals surface area contributed by atoms with Gasteiger partial charge in [0, 0.05) is 6.04 Å². The summed E-state index contributed by atoms with van der Waals surface area (Å²) in [6, 6.07) is 0.498. The van der Waals surface area contributed by atoms with Gasteiger partial charge in [0.25, 0.3) is 0 Å². The van der Waals surface area contributed by atoms with Crippen LogP contribution in [0.15, 0.2) is 4.99 Å². The second-order valence-electron chi connectivity index (χ2n) is 3.91. The molecule has 0 aromatic carbocycles. The predicted octanol–water partition coefficient (Wildman–Crippen LogP) is 0.604. The lowest BCUT2D eigenvalue weighted by Gasteiger charge is -2.12. The van der Waals surface area contributed by atoms with E-state index in [2.05, 4.69) is 10.3 Å². The van der Waals surface area contributed by atoms with Crippen molar-refractivity contribution in [1.29, 1.82) is 0 Å². The number of hydrogen-bond acceptors (Lipinski definition) is 2. The van der Waals surface area contributed by atoms with Gasteiger partial charge in [0.05, 0.1) is 12.6 Å². The van der Waals surface area contributed by atoms with Crippen LogP contribution in [0.4, 0.5) is 0 Å². The van der Waals surface area contributed by atoms with E-state index in [0.29, 0.717) is 18.5 Å². The zero-order valence-electron chi connectivity index (χ0n) is 8.87. The first-order valence-corrected chi connectivity index (χ1v) is 5.47. The zero-order chi connectivity index (χ0) is 10.4. The SMILES string of the molecule is CCC(O)CN=C(N)NC1CCCC1. The van der Waals surface area contributed by atoms with Crippen molar-refractivity contribution in [3.63, 3.8) is 0 Å². The smallest absolute Gasteiger partial charge is 0.188 e. The molecule has 4 heteroatoms. The van der Waals surface area contributed by atoms with Gasteiger partial charge in [0.1, 0.15) is 0 Å². The first-order valence-electron chi connectivity index (χ1n) is 5.47. The lowest BCUT2D eigenvalue weighted by molar-refractivity contribution is 0.179. The Balaban J connectivity index is 2.21. The summed E-state index contributed by atoms with van der Waals surface area (Å²) >= 11 is 0. The minimum absolute atomic E-state index is 0.362. The van der Waals surface area contributed by atoms with Crippen molar-refractivity contribution in [3.05, 3.63) is 0 Å². The molecule has 4 nitrogen and oxygen atoms in total. The van der Waals surface area contributed by atoms with Crippen LogP contribution in [-0.2, 0) is 0 Å². The molecule has 1 fully saturated rings. The second-order valence-corrected chi connectivity index (χ2v) is 3.91. The van der Waals surface area contributed by atoms with Crippen LogP contribution in [0.2, 0.25) is 0 Å². The molecule has 82 valence electrons. The molecule has 0 saturated heterocycles. The number of hydrogen-bond donors (Lipinski definition) is 3. The molecule has 1 aliphatic rings. The van der Waals surface area contributed by atoms with Crippen LogP contribution in [0.25, 0.3) is 0 Å². The molecule has 0 spiro atoms. The van der Waals surface area contributed by atoms with Crippen LogP contribution in [-0.4, -0.2) is 29.8 Å². The van der Waals surface area contributed by atoms with Gasteiger partial charge in [0.15, 0.2) is 5.96 Å². The van der Waals surface area contributed by atoms with E-state index in [9.17, 15) is 5.11 Å². The third-order valence-electron chi connectivity index (χ3n) is 2.65. The number of nitrogens with two attached hydrogens (primary N) is 1. The Morgan fingerprint density at radius 3 is 2.79 bits per heavy atom. The predicted molar refractivity (Wildman–Crippen MR) is 58.2 cm³/mol. The number of nitrogens with one attached hydrogen (secondary N) is 1. The van der Waals surface area contributed by atoms with Gasteiger partial charge >= 0.3 is 0 Å². The number of aliphatic hydroxyl groups is 1. The number of rotatable bonds is 4. The van der Waals surface area contributed by atoms with Crippen LogP contribution >= 0.6 is 0 Å². The minimum Gasteiger partial charge on any atom is -0.391 e. The highest BCUT2D eigenvalue weighted by Crippen LogP contribution is 2.17. The van der Waals surface area contributed by atoms with Gasteiger partial charge in [0.2, 0.25) is 0 Å². The highest BCUT2D eigenvalue weighted by atomic mass is 16.3. The fraction of sp³-hybridized carbons (Fsp3) is 0.900. The largest absolute Gasteiger partial charge is 0.391 e. The van der Waals surface area contributed by atoms with E-state index in [-0.39, 0.29) is 6.10 Å². The molecule has 0 aliphatic heterocycles. The van der Waals surface area contributed by atoms with Crippen molar-refractivity contribution in [2.45, 2.75) is 51.2 Å². The molecule has 0 radical (unpaired) electrons. The summed E-state index contributed by atoms with van der Waals surface area (Å²) in [4.78, 5) is 4.09. The van der Waals surface area contributed by atoms with E-state index in [1.807, 2.05) is 6.92 Å².